The minimum atomic E-state index is -1.10. The van der Waals surface area contributed by atoms with E-state index in [0.29, 0.717) is 17.3 Å². The maximum Gasteiger partial charge on any atom is 0.133 e. The van der Waals surface area contributed by atoms with E-state index in [0.717, 1.165) is 25.9 Å². The van der Waals surface area contributed by atoms with Crippen molar-refractivity contribution in [3.63, 3.8) is 0 Å². The first-order valence-electron chi connectivity index (χ1n) is 6.52. The van der Waals surface area contributed by atoms with Crippen LogP contribution in [0.3, 0.4) is 0 Å². The highest BCUT2D eigenvalue weighted by molar-refractivity contribution is 9.10. The lowest BCUT2D eigenvalue weighted by molar-refractivity contribution is 0.0935. The van der Waals surface area contributed by atoms with Crippen molar-refractivity contribution in [2.45, 2.75) is 44.3 Å². The molecule has 0 spiro atoms. The van der Waals surface area contributed by atoms with Gasteiger partial charge in [-0.05, 0) is 44.2 Å². The normalized spacial score (nSPS) is 20.7. The molecule has 0 radical (unpaired) electrons. The third-order valence-electron chi connectivity index (χ3n) is 3.40. The number of aliphatic hydroxyl groups excluding tert-OH is 1. The smallest absolute Gasteiger partial charge is 0.133 e. The fourth-order valence-corrected chi connectivity index (χ4v) is 2.83. The molecule has 5 heteroatoms. The number of halogens is 3. The number of aliphatic hydroxyl groups is 1. The van der Waals surface area contributed by atoms with Gasteiger partial charge in [0.1, 0.15) is 11.6 Å². The Bertz CT molecular complexity index is 410. The SMILES string of the molecule is OC(CCCC1CCCO1)c1c(F)cc(Br)cc1F. The van der Waals surface area contributed by atoms with Crippen molar-refractivity contribution in [1.82, 2.24) is 0 Å². The lowest BCUT2D eigenvalue weighted by Gasteiger charge is -2.14. The first kappa shape index (κ1) is 14.9. The number of hydrogen-bond donors (Lipinski definition) is 1. The highest BCUT2D eigenvalue weighted by Gasteiger charge is 2.20. The maximum atomic E-state index is 13.6. The molecule has 1 heterocycles. The van der Waals surface area contributed by atoms with E-state index in [9.17, 15) is 13.9 Å². The number of benzene rings is 1. The molecule has 106 valence electrons. The molecule has 2 nitrogen and oxygen atoms in total. The molecule has 0 aromatic heterocycles. The van der Waals surface area contributed by atoms with Gasteiger partial charge in [-0.1, -0.05) is 15.9 Å². The molecule has 1 aliphatic heterocycles. The van der Waals surface area contributed by atoms with Crippen LogP contribution in [0.15, 0.2) is 16.6 Å². The Morgan fingerprint density at radius 2 is 2.05 bits per heavy atom. The van der Waals surface area contributed by atoms with E-state index in [4.69, 9.17) is 4.74 Å². The standard InChI is InChI=1S/C14H17BrF2O2/c15-9-7-11(16)14(12(17)8-9)13(18)5-1-3-10-4-2-6-19-10/h7-8,10,13,18H,1-6H2. The highest BCUT2D eigenvalue weighted by Crippen LogP contribution is 2.28. The second-order valence-electron chi connectivity index (χ2n) is 4.86. The summed E-state index contributed by atoms with van der Waals surface area (Å²) in [5.74, 6) is -1.42. The molecular weight excluding hydrogens is 318 g/mol. The molecule has 0 saturated carbocycles. The number of hydrogen-bond acceptors (Lipinski definition) is 2. The predicted molar refractivity (Wildman–Crippen MR) is 71.8 cm³/mol. The van der Waals surface area contributed by atoms with Crippen LogP contribution in [0.5, 0.6) is 0 Å². The zero-order valence-electron chi connectivity index (χ0n) is 10.5. The lowest BCUT2D eigenvalue weighted by atomic mass is 10.0. The van der Waals surface area contributed by atoms with Crippen molar-refractivity contribution >= 4 is 15.9 Å². The highest BCUT2D eigenvalue weighted by atomic mass is 79.9. The van der Waals surface area contributed by atoms with Crippen LogP contribution in [0.1, 0.15) is 43.8 Å². The summed E-state index contributed by atoms with van der Waals surface area (Å²) in [6, 6.07) is 2.34. The van der Waals surface area contributed by atoms with Crippen LogP contribution in [0.2, 0.25) is 0 Å². The van der Waals surface area contributed by atoms with Crippen LogP contribution < -0.4 is 0 Å². The predicted octanol–water partition coefficient (Wildman–Crippen LogP) is 4.11. The maximum absolute atomic E-state index is 13.6. The zero-order chi connectivity index (χ0) is 13.8. The van der Waals surface area contributed by atoms with Crippen LogP contribution in [0.4, 0.5) is 8.78 Å². The van der Waals surface area contributed by atoms with Gasteiger partial charge in [-0.3, -0.25) is 0 Å². The Kier molecular flexibility index (Phi) is 5.30. The summed E-state index contributed by atoms with van der Waals surface area (Å²) in [4.78, 5) is 0. The monoisotopic (exact) mass is 334 g/mol. The van der Waals surface area contributed by atoms with Crippen LogP contribution in [0.25, 0.3) is 0 Å². The van der Waals surface area contributed by atoms with Crippen LogP contribution >= 0.6 is 15.9 Å². The van der Waals surface area contributed by atoms with E-state index >= 15 is 0 Å². The second kappa shape index (κ2) is 6.77. The van der Waals surface area contributed by atoms with Gasteiger partial charge in [0, 0.05) is 11.1 Å². The van der Waals surface area contributed by atoms with E-state index < -0.39 is 17.7 Å². The van der Waals surface area contributed by atoms with Gasteiger partial charge in [0.2, 0.25) is 0 Å². The summed E-state index contributed by atoms with van der Waals surface area (Å²) in [6.07, 6.45) is 3.12. The molecule has 1 aromatic rings. The van der Waals surface area contributed by atoms with Gasteiger partial charge in [-0.25, -0.2) is 8.78 Å². The average Bonchev–Trinajstić information content (AvgIpc) is 2.80. The van der Waals surface area contributed by atoms with Gasteiger partial charge in [0.15, 0.2) is 0 Å². The summed E-state index contributed by atoms with van der Waals surface area (Å²) >= 11 is 3.02. The Balaban J connectivity index is 1.90. The summed E-state index contributed by atoms with van der Waals surface area (Å²) in [7, 11) is 0. The van der Waals surface area contributed by atoms with Crippen molar-refractivity contribution in [3.05, 3.63) is 33.8 Å². The molecule has 2 atom stereocenters. The van der Waals surface area contributed by atoms with Gasteiger partial charge in [-0.15, -0.1) is 0 Å². The first-order chi connectivity index (χ1) is 9.08. The van der Waals surface area contributed by atoms with Crippen LogP contribution in [0, 0.1) is 11.6 Å². The van der Waals surface area contributed by atoms with Crippen LogP contribution in [-0.4, -0.2) is 17.8 Å². The molecule has 1 aromatic carbocycles. The van der Waals surface area contributed by atoms with Crippen molar-refractivity contribution < 1.29 is 18.6 Å². The number of ether oxygens (including phenoxy) is 1. The fourth-order valence-electron chi connectivity index (χ4n) is 2.43. The Hall–Kier alpha value is -0.520. The van der Waals surface area contributed by atoms with Gasteiger partial charge in [0.05, 0.1) is 17.8 Å². The van der Waals surface area contributed by atoms with Crippen molar-refractivity contribution in [2.24, 2.45) is 0 Å². The Morgan fingerprint density at radius 1 is 1.37 bits per heavy atom. The Labute approximate surface area is 119 Å². The summed E-state index contributed by atoms with van der Waals surface area (Å²) < 4.78 is 33.1. The van der Waals surface area contributed by atoms with Gasteiger partial charge >= 0.3 is 0 Å². The van der Waals surface area contributed by atoms with Crippen LogP contribution in [-0.2, 0) is 4.74 Å². The summed E-state index contributed by atoms with van der Waals surface area (Å²) in [5, 5.41) is 9.91. The van der Waals surface area contributed by atoms with E-state index in [1.807, 2.05) is 0 Å². The molecule has 0 bridgehead atoms. The quantitative estimate of drug-likeness (QED) is 0.877. The largest absolute Gasteiger partial charge is 0.388 e. The van der Waals surface area contributed by atoms with Gasteiger partial charge in [-0.2, -0.15) is 0 Å². The Morgan fingerprint density at radius 3 is 2.63 bits per heavy atom. The van der Waals surface area contributed by atoms with Gasteiger partial charge < -0.3 is 9.84 Å². The van der Waals surface area contributed by atoms with E-state index in [-0.39, 0.29) is 11.7 Å². The summed E-state index contributed by atoms with van der Waals surface area (Å²) in [5.41, 5.74) is -0.240. The zero-order valence-corrected chi connectivity index (χ0v) is 12.1. The first-order valence-corrected chi connectivity index (χ1v) is 7.31. The third kappa shape index (κ3) is 3.97. The van der Waals surface area contributed by atoms with E-state index in [2.05, 4.69) is 15.9 Å². The lowest BCUT2D eigenvalue weighted by Crippen LogP contribution is -2.08. The molecule has 1 aliphatic rings. The topological polar surface area (TPSA) is 29.5 Å². The average molecular weight is 335 g/mol. The molecule has 19 heavy (non-hydrogen) atoms. The minimum Gasteiger partial charge on any atom is -0.388 e. The van der Waals surface area contributed by atoms with Crippen molar-refractivity contribution in [3.8, 4) is 0 Å². The molecule has 2 unspecified atom stereocenters. The van der Waals surface area contributed by atoms with Crippen molar-refractivity contribution in [2.75, 3.05) is 6.61 Å². The molecule has 0 aliphatic carbocycles. The minimum absolute atomic E-state index is 0.240. The molecule has 1 N–H and O–H groups in total. The molecule has 0 amide bonds. The molecule has 2 rings (SSSR count). The molecule has 1 saturated heterocycles. The number of rotatable bonds is 5. The summed E-state index contributed by atoms with van der Waals surface area (Å²) in [6.45, 7) is 0.795. The van der Waals surface area contributed by atoms with E-state index in [1.54, 1.807) is 0 Å². The van der Waals surface area contributed by atoms with Crippen molar-refractivity contribution in [1.29, 1.82) is 0 Å². The fraction of sp³-hybridized carbons (Fsp3) is 0.571. The van der Waals surface area contributed by atoms with Gasteiger partial charge in [0.25, 0.3) is 0 Å². The molecular formula is C14H17BrF2O2. The third-order valence-corrected chi connectivity index (χ3v) is 3.86. The second-order valence-corrected chi connectivity index (χ2v) is 5.78. The molecule has 1 fully saturated rings. The van der Waals surface area contributed by atoms with E-state index in [1.165, 1.54) is 12.1 Å².